The van der Waals surface area contributed by atoms with Gasteiger partial charge >= 0.3 is 0 Å². The van der Waals surface area contributed by atoms with Gasteiger partial charge < -0.3 is 24.7 Å². The molecule has 0 aliphatic heterocycles. The van der Waals surface area contributed by atoms with Gasteiger partial charge in [-0.15, -0.1) is 0 Å². The number of nitrogens with two attached hydrogens (primary N) is 1. The van der Waals surface area contributed by atoms with Gasteiger partial charge in [-0.25, -0.2) is 0 Å². The molecule has 0 aliphatic carbocycles. The molecule has 0 spiro atoms. The van der Waals surface area contributed by atoms with Crippen LogP contribution in [0.15, 0.2) is 18.2 Å². The van der Waals surface area contributed by atoms with E-state index in [0.29, 0.717) is 24.7 Å². The van der Waals surface area contributed by atoms with Crippen LogP contribution >= 0.6 is 0 Å². The van der Waals surface area contributed by atoms with Crippen molar-refractivity contribution >= 4 is 0 Å². The summed E-state index contributed by atoms with van der Waals surface area (Å²) in [4.78, 5) is 0. The molecule has 0 saturated carbocycles. The van der Waals surface area contributed by atoms with Gasteiger partial charge in [-0.1, -0.05) is 0 Å². The van der Waals surface area contributed by atoms with E-state index in [1.165, 1.54) is 0 Å². The van der Waals surface area contributed by atoms with Crippen LogP contribution in [0.5, 0.6) is 11.5 Å². The molecule has 0 bridgehead atoms. The van der Waals surface area contributed by atoms with Crippen LogP contribution in [0, 0.1) is 0 Å². The highest BCUT2D eigenvalue weighted by Crippen LogP contribution is 2.36. The summed E-state index contributed by atoms with van der Waals surface area (Å²) in [6.07, 6.45) is 0. The van der Waals surface area contributed by atoms with Crippen molar-refractivity contribution in [1.29, 1.82) is 0 Å². The molecule has 1 aromatic carbocycles. The van der Waals surface area contributed by atoms with Crippen molar-refractivity contribution in [2.75, 3.05) is 34.0 Å². The second-order valence-electron chi connectivity index (χ2n) is 3.89. The second kappa shape index (κ2) is 7.33. The molecule has 19 heavy (non-hydrogen) atoms. The Hall–Kier alpha value is -1.30. The van der Waals surface area contributed by atoms with Gasteiger partial charge in [-0.2, -0.15) is 0 Å². The number of benzene rings is 1. The fourth-order valence-corrected chi connectivity index (χ4v) is 2.00. The third-order valence-electron chi connectivity index (χ3n) is 2.84. The van der Waals surface area contributed by atoms with Crippen LogP contribution in [-0.2, 0) is 15.3 Å². The predicted molar refractivity (Wildman–Crippen MR) is 73.5 cm³/mol. The quantitative estimate of drug-likeness (QED) is 0.730. The van der Waals surface area contributed by atoms with Gasteiger partial charge in [0.15, 0.2) is 0 Å². The molecule has 5 heteroatoms. The summed E-state index contributed by atoms with van der Waals surface area (Å²) in [6.45, 7) is 4.96. The molecule has 5 nitrogen and oxygen atoms in total. The lowest BCUT2D eigenvalue weighted by atomic mass is 10.0. The lowest BCUT2D eigenvalue weighted by Crippen LogP contribution is -2.41. The third kappa shape index (κ3) is 3.37. The minimum Gasteiger partial charge on any atom is -0.497 e. The van der Waals surface area contributed by atoms with Crippen molar-refractivity contribution < 1.29 is 18.9 Å². The van der Waals surface area contributed by atoms with Crippen molar-refractivity contribution in [3.63, 3.8) is 0 Å². The van der Waals surface area contributed by atoms with Crippen LogP contribution in [0.4, 0.5) is 0 Å². The Balaban J connectivity index is 3.33. The minimum absolute atomic E-state index is 0.193. The van der Waals surface area contributed by atoms with E-state index in [0.717, 1.165) is 5.56 Å². The van der Waals surface area contributed by atoms with Gasteiger partial charge in [0.1, 0.15) is 11.5 Å². The van der Waals surface area contributed by atoms with E-state index in [4.69, 9.17) is 24.7 Å². The maximum Gasteiger partial charge on any atom is 0.211 e. The molecule has 0 atom stereocenters. The van der Waals surface area contributed by atoms with E-state index in [2.05, 4.69) is 0 Å². The SMILES string of the molecule is CCOC(CN)(OCC)c1cc(OC)ccc1OC. The molecule has 2 N–H and O–H groups in total. The average molecular weight is 269 g/mol. The first-order valence-corrected chi connectivity index (χ1v) is 6.37. The fourth-order valence-electron chi connectivity index (χ4n) is 2.00. The van der Waals surface area contributed by atoms with E-state index in [1.807, 2.05) is 32.0 Å². The van der Waals surface area contributed by atoms with E-state index < -0.39 is 5.79 Å². The van der Waals surface area contributed by atoms with Gasteiger partial charge in [0, 0.05) is 13.2 Å². The summed E-state index contributed by atoms with van der Waals surface area (Å²) in [5.41, 5.74) is 6.62. The van der Waals surface area contributed by atoms with Gasteiger partial charge in [-0.05, 0) is 32.0 Å². The van der Waals surface area contributed by atoms with Gasteiger partial charge in [0.25, 0.3) is 0 Å². The van der Waals surface area contributed by atoms with Crippen LogP contribution in [0.1, 0.15) is 19.4 Å². The zero-order valence-electron chi connectivity index (χ0n) is 12.1. The minimum atomic E-state index is -1.01. The number of ether oxygens (including phenoxy) is 4. The molecule has 0 radical (unpaired) electrons. The van der Waals surface area contributed by atoms with Crippen LogP contribution in [0.3, 0.4) is 0 Å². The number of hydrogen-bond acceptors (Lipinski definition) is 5. The summed E-state index contributed by atoms with van der Waals surface area (Å²) >= 11 is 0. The lowest BCUT2D eigenvalue weighted by Gasteiger charge is -2.33. The summed E-state index contributed by atoms with van der Waals surface area (Å²) in [7, 11) is 3.21. The smallest absolute Gasteiger partial charge is 0.211 e. The first-order valence-electron chi connectivity index (χ1n) is 6.37. The fraction of sp³-hybridized carbons (Fsp3) is 0.571. The molecule has 0 saturated heterocycles. The molecule has 108 valence electrons. The molecule has 0 heterocycles. The first kappa shape index (κ1) is 15.8. The number of methoxy groups -OCH3 is 2. The molecular weight excluding hydrogens is 246 g/mol. The first-order chi connectivity index (χ1) is 9.17. The largest absolute Gasteiger partial charge is 0.497 e. The van der Waals surface area contributed by atoms with Crippen LogP contribution in [0.25, 0.3) is 0 Å². The van der Waals surface area contributed by atoms with Crippen LogP contribution in [-0.4, -0.2) is 34.0 Å². The highest BCUT2D eigenvalue weighted by molar-refractivity contribution is 5.43. The van der Waals surface area contributed by atoms with Gasteiger partial charge in [0.05, 0.1) is 26.3 Å². The van der Waals surface area contributed by atoms with E-state index >= 15 is 0 Å². The normalized spacial score (nSPS) is 11.4. The van der Waals surface area contributed by atoms with Crippen molar-refractivity contribution in [3.8, 4) is 11.5 Å². The summed E-state index contributed by atoms with van der Waals surface area (Å²) in [5, 5.41) is 0. The van der Waals surface area contributed by atoms with E-state index in [-0.39, 0.29) is 6.54 Å². The molecule has 0 aliphatic rings. The van der Waals surface area contributed by atoms with Gasteiger partial charge in [-0.3, -0.25) is 0 Å². The highest BCUT2D eigenvalue weighted by Gasteiger charge is 2.35. The summed E-state index contributed by atoms with van der Waals surface area (Å²) in [6, 6.07) is 5.47. The van der Waals surface area contributed by atoms with Crippen molar-refractivity contribution in [2.24, 2.45) is 5.73 Å². The van der Waals surface area contributed by atoms with E-state index in [1.54, 1.807) is 14.2 Å². The Bertz CT molecular complexity index is 389. The molecule has 1 aromatic rings. The third-order valence-corrected chi connectivity index (χ3v) is 2.84. The number of rotatable bonds is 8. The Morgan fingerprint density at radius 1 is 1.05 bits per heavy atom. The monoisotopic (exact) mass is 269 g/mol. The maximum atomic E-state index is 5.88. The molecule has 0 amide bonds. The summed E-state index contributed by atoms with van der Waals surface area (Å²) < 4.78 is 22.1. The molecule has 0 fully saturated rings. The lowest BCUT2D eigenvalue weighted by molar-refractivity contribution is -0.236. The zero-order valence-corrected chi connectivity index (χ0v) is 12.1. The Morgan fingerprint density at radius 2 is 1.68 bits per heavy atom. The van der Waals surface area contributed by atoms with Crippen LogP contribution in [0.2, 0.25) is 0 Å². The second-order valence-corrected chi connectivity index (χ2v) is 3.89. The van der Waals surface area contributed by atoms with Crippen molar-refractivity contribution in [1.82, 2.24) is 0 Å². The summed E-state index contributed by atoms with van der Waals surface area (Å²) in [5.74, 6) is 0.352. The zero-order chi connectivity index (χ0) is 14.3. The molecule has 1 rings (SSSR count). The number of hydrogen-bond donors (Lipinski definition) is 1. The van der Waals surface area contributed by atoms with Gasteiger partial charge in [0.2, 0.25) is 5.79 Å². The molecule has 0 aromatic heterocycles. The Labute approximate surface area is 114 Å². The Morgan fingerprint density at radius 3 is 2.11 bits per heavy atom. The van der Waals surface area contributed by atoms with E-state index in [9.17, 15) is 0 Å². The standard InChI is InChI=1S/C14H23NO4/c1-5-18-14(10-15,19-6-2)12-9-11(16-3)7-8-13(12)17-4/h7-9H,5-6,10,15H2,1-4H3. The molecule has 0 unspecified atom stereocenters. The maximum absolute atomic E-state index is 5.88. The Kier molecular flexibility index (Phi) is 6.08. The topological polar surface area (TPSA) is 62.9 Å². The highest BCUT2D eigenvalue weighted by atomic mass is 16.7. The van der Waals surface area contributed by atoms with Crippen molar-refractivity contribution in [2.45, 2.75) is 19.6 Å². The predicted octanol–water partition coefficient (Wildman–Crippen LogP) is 1.89. The van der Waals surface area contributed by atoms with Crippen LogP contribution < -0.4 is 15.2 Å². The molecular formula is C14H23NO4. The average Bonchev–Trinajstić information content (AvgIpc) is 2.46. The van der Waals surface area contributed by atoms with Crippen molar-refractivity contribution in [3.05, 3.63) is 23.8 Å².